The topological polar surface area (TPSA) is 83.8 Å². The van der Waals surface area contributed by atoms with Crippen LogP contribution >= 0.6 is 0 Å². The summed E-state index contributed by atoms with van der Waals surface area (Å²) in [5.41, 5.74) is 0.487. The lowest BCUT2D eigenvalue weighted by atomic mass is 9.44. The van der Waals surface area contributed by atoms with E-state index in [1.165, 1.54) is 38.5 Å². The summed E-state index contributed by atoms with van der Waals surface area (Å²) in [4.78, 5) is 25.0. The van der Waals surface area contributed by atoms with Crippen molar-refractivity contribution >= 4 is 11.8 Å². The van der Waals surface area contributed by atoms with Gasteiger partial charge in [0.1, 0.15) is 18.5 Å². The van der Waals surface area contributed by atoms with Crippen molar-refractivity contribution in [1.82, 2.24) is 0 Å². The first-order valence-corrected chi connectivity index (χ1v) is 12.8. The van der Waals surface area contributed by atoms with Crippen LogP contribution in [0.4, 0.5) is 0 Å². The number of hydrogen-bond acceptors (Lipinski definition) is 5. The van der Waals surface area contributed by atoms with Gasteiger partial charge in [-0.3, -0.25) is 9.59 Å². The van der Waals surface area contributed by atoms with E-state index in [1.54, 1.807) is 0 Å². The first-order chi connectivity index (χ1) is 15.1. The summed E-state index contributed by atoms with van der Waals surface area (Å²) >= 11 is 0. The number of ether oxygens (including phenoxy) is 1. The summed E-state index contributed by atoms with van der Waals surface area (Å²) < 4.78 is 5.16. The van der Waals surface area contributed by atoms with Gasteiger partial charge in [-0.2, -0.15) is 0 Å². The molecule has 0 aromatic heterocycles. The van der Waals surface area contributed by atoms with E-state index in [2.05, 4.69) is 27.4 Å². The first-order valence-electron chi connectivity index (χ1n) is 12.8. The van der Waals surface area contributed by atoms with Gasteiger partial charge in [0.2, 0.25) is 0 Å². The maximum Gasteiger partial charge on any atom is 0.309 e. The van der Waals surface area contributed by atoms with E-state index in [-0.39, 0.29) is 30.1 Å². The van der Waals surface area contributed by atoms with Crippen molar-refractivity contribution in [2.45, 2.75) is 91.1 Å². The van der Waals surface area contributed by atoms with Gasteiger partial charge in [0.15, 0.2) is 5.78 Å². The highest BCUT2D eigenvalue weighted by Gasteiger charge is 2.61. The maximum absolute atomic E-state index is 13.1. The Morgan fingerprint density at radius 2 is 1.72 bits per heavy atom. The summed E-state index contributed by atoms with van der Waals surface area (Å²) in [6.45, 7) is 10.3. The van der Waals surface area contributed by atoms with Crippen molar-refractivity contribution in [3.8, 4) is 0 Å². The van der Waals surface area contributed by atoms with Gasteiger partial charge in [-0.05, 0) is 91.8 Å². The second-order valence-corrected chi connectivity index (χ2v) is 12.0. The van der Waals surface area contributed by atoms with Gasteiger partial charge in [-0.25, -0.2) is 0 Å². The molecule has 4 rings (SSSR count). The number of esters is 1. The number of carbonyl (C=O) groups is 2. The number of fused-ring (bicyclic) bond motifs is 5. The van der Waals surface area contributed by atoms with Crippen LogP contribution in [0.25, 0.3) is 0 Å². The Kier molecular flexibility index (Phi) is 6.52. The fraction of sp³-hybridized carbons (Fsp3) is 0.852. The molecule has 0 spiro atoms. The molecule has 0 aromatic rings. The molecule has 0 aliphatic heterocycles. The van der Waals surface area contributed by atoms with Crippen molar-refractivity contribution in [2.75, 3.05) is 6.61 Å². The molecule has 9 unspecified atom stereocenters. The molecule has 4 fully saturated rings. The Hall–Kier alpha value is -1.36. The van der Waals surface area contributed by atoms with Gasteiger partial charge >= 0.3 is 5.97 Å². The van der Waals surface area contributed by atoms with Gasteiger partial charge < -0.3 is 14.9 Å². The molecule has 0 heterocycles. The van der Waals surface area contributed by atoms with Crippen LogP contribution in [-0.4, -0.2) is 34.7 Å². The van der Waals surface area contributed by atoms with Crippen LogP contribution in [0.15, 0.2) is 12.3 Å². The molecule has 5 nitrogen and oxygen atoms in total. The molecule has 4 aliphatic carbocycles. The monoisotopic (exact) mass is 446 g/mol. The standard InChI is InChI=1S/C27H42O5/c1-16-9-11-26(3)18(13-16)5-6-19-20-7-8-22(27(20,4)12-10-21(19)26)24(30)15-32-25(31)14-23(29)17(2)28/h16,18-23,28-29H,2,5-15H2,1,3-4H3. The van der Waals surface area contributed by atoms with E-state index in [4.69, 9.17) is 9.84 Å². The Morgan fingerprint density at radius 1 is 1.03 bits per heavy atom. The molecule has 32 heavy (non-hydrogen) atoms. The van der Waals surface area contributed by atoms with E-state index < -0.39 is 17.8 Å². The van der Waals surface area contributed by atoms with E-state index in [0.29, 0.717) is 11.3 Å². The molecule has 180 valence electrons. The minimum absolute atomic E-state index is 0.00864. The zero-order valence-corrected chi connectivity index (χ0v) is 20.1. The minimum Gasteiger partial charge on any atom is -0.510 e. The van der Waals surface area contributed by atoms with Crippen LogP contribution in [0, 0.1) is 46.3 Å². The van der Waals surface area contributed by atoms with Crippen molar-refractivity contribution in [3.05, 3.63) is 12.3 Å². The Morgan fingerprint density at radius 3 is 2.44 bits per heavy atom. The fourth-order valence-electron chi connectivity index (χ4n) is 8.59. The van der Waals surface area contributed by atoms with Crippen LogP contribution in [0.2, 0.25) is 0 Å². The summed E-state index contributed by atoms with van der Waals surface area (Å²) in [5.74, 6) is 2.70. The number of aliphatic hydroxyl groups is 2. The van der Waals surface area contributed by atoms with E-state index in [1.807, 2.05) is 0 Å². The van der Waals surface area contributed by atoms with Crippen molar-refractivity contribution < 1.29 is 24.5 Å². The molecule has 0 amide bonds. The zero-order valence-electron chi connectivity index (χ0n) is 20.1. The molecule has 0 saturated heterocycles. The lowest BCUT2D eigenvalue weighted by Gasteiger charge is -2.61. The third-order valence-electron chi connectivity index (χ3n) is 10.4. The third-order valence-corrected chi connectivity index (χ3v) is 10.4. The summed E-state index contributed by atoms with van der Waals surface area (Å²) in [7, 11) is 0. The highest BCUT2D eigenvalue weighted by atomic mass is 16.5. The molecular formula is C27H42O5. The molecular weight excluding hydrogens is 404 g/mol. The predicted octanol–water partition coefficient (Wildman–Crippen LogP) is 5.22. The number of aliphatic hydroxyl groups excluding tert-OH is 2. The van der Waals surface area contributed by atoms with Crippen LogP contribution in [0.1, 0.15) is 85.0 Å². The van der Waals surface area contributed by atoms with Gasteiger partial charge in [0, 0.05) is 5.92 Å². The Balaban J connectivity index is 1.40. The average molecular weight is 447 g/mol. The fourth-order valence-corrected chi connectivity index (χ4v) is 8.59. The van der Waals surface area contributed by atoms with Gasteiger partial charge in [0.05, 0.1) is 6.42 Å². The van der Waals surface area contributed by atoms with Gasteiger partial charge in [0.25, 0.3) is 0 Å². The van der Waals surface area contributed by atoms with Gasteiger partial charge in [-0.15, -0.1) is 0 Å². The SMILES string of the molecule is C=C(O)C(O)CC(=O)OCC(=O)C1CCC2C3CCC4CC(C)CCC4(C)C3CCC12C. The maximum atomic E-state index is 13.1. The lowest BCUT2D eigenvalue weighted by molar-refractivity contribution is -0.153. The normalized spacial score (nSPS) is 44.0. The average Bonchev–Trinajstić information content (AvgIpc) is 3.09. The minimum atomic E-state index is -1.35. The van der Waals surface area contributed by atoms with Crippen molar-refractivity contribution in [1.29, 1.82) is 0 Å². The van der Waals surface area contributed by atoms with Crippen molar-refractivity contribution in [3.63, 3.8) is 0 Å². The molecule has 4 aliphatic rings. The quantitative estimate of drug-likeness (QED) is 0.432. The van der Waals surface area contributed by atoms with Crippen LogP contribution < -0.4 is 0 Å². The zero-order chi connectivity index (χ0) is 23.3. The van der Waals surface area contributed by atoms with E-state index in [0.717, 1.165) is 42.9 Å². The smallest absolute Gasteiger partial charge is 0.309 e. The number of carbonyl (C=O) groups excluding carboxylic acids is 2. The lowest BCUT2D eigenvalue weighted by Crippen LogP contribution is -2.53. The largest absolute Gasteiger partial charge is 0.510 e. The number of Topliss-reactive ketones (excluding diaryl/α,β-unsaturated/α-hetero) is 1. The molecule has 4 saturated carbocycles. The molecule has 0 bridgehead atoms. The summed E-state index contributed by atoms with van der Waals surface area (Å²) in [6.07, 6.45) is 9.41. The summed E-state index contributed by atoms with van der Waals surface area (Å²) in [6, 6.07) is 0. The van der Waals surface area contributed by atoms with Crippen LogP contribution in [0.3, 0.4) is 0 Å². The Bertz CT molecular complexity index is 761. The van der Waals surface area contributed by atoms with E-state index in [9.17, 15) is 14.7 Å². The number of rotatable bonds is 6. The predicted molar refractivity (Wildman–Crippen MR) is 123 cm³/mol. The second-order valence-electron chi connectivity index (χ2n) is 12.0. The highest BCUT2D eigenvalue weighted by molar-refractivity contribution is 5.85. The molecule has 5 heteroatoms. The molecule has 0 aromatic carbocycles. The Labute approximate surface area is 193 Å². The highest BCUT2D eigenvalue weighted by Crippen LogP contribution is 2.67. The first kappa shape index (κ1) is 23.8. The number of ketones is 1. The molecule has 2 N–H and O–H groups in total. The number of hydrogen-bond donors (Lipinski definition) is 2. The van der Waals surface area contributed by atoms with Crippen LogP contribution in [0.5, 0.6) is 0 Å². The van der Waals surface area contributed by atoms with Crippen LogP contribution in [-0.2, 0) is 14.3 Å². The van der Waals surface area contributed by atoms with Gasteiger partial charge in [-0.1, -0.05) is 33.8 Å². The third kappa shape index (κ3) is 4.03. The van der Waals surface area contributed by atoms with Crippen molar-refractivity contribution in [2.24, 2.45) is 46.3 Å². The molecule has 0 radical (unpaired) electrons. The van der Waals surface area contributed by atoms with E-state index >= 15 is 0 Å². The molecule has 9 atom stereocenters. The second kappa shape index (κ2) is 8.77. The summed E-state index contributed by atoms with van der Waals surface area (Å²) in [5, 5.41) is 18.7.